The molecule has 13 heavy (non-hydrogen) atoms. The summed E-state index contributed by atoms with van der Waals surface area (Å²) in [6, 6.07) is 0. The molecule has 2 aliphatic carbocycles. The van der Waals surface area contributed by atoms with Crippen LogP contribution in [0.3, 0.4) is 0 Å². The van der Waals surface area contributed by atoms with Crippen LogP contribution in [0.25, 0.3) is 0 Å². The average molecular weight is 178 g/mol. The summed E-state index contributed by atoms with van der Waals surface area (Å²) >= 11 is 0. The number of rotatable bonds is 0. The van der Waals surface area contributed by atoms with Crippen molar-refractivity contribution in [3.8, 4) is 0 Å². The van der Waals surface area contributed by atoms with E-state index in [9.17, 15) is 9.59 Å². The van der Waals surface area contributed by atoms with Crippen LogP contribution in [-0.2, 0) is 9.59 Å². The molecule has 70 valence electrons. The van der Waals surface area contributed by atoms with Crippen LogP contribution in [0.4, 0.5) is 0 Å². The van der Waals surface area contributed by atoms with Crippen LogP contribution in [0, 0.1) is 5.41 Å². The summed E-state index contributed by atoms with van der Waals surface area (Å²) in [7, 11) is 0. The molecule has 2 nitrogen and oxygen atoms in total. The Kier molecular flexibility index (Phi) is 1.86. The molecule has 0 aromatic rings. The lowest BCUT2D eigenvalue weighted by Crippen LogP contribution is -2.32. The third-order valence-electron chi connectivity index (χ3n) is 3.29. The molecule has 1 fully saturated rings. The molecule has 0 heterocycles. The van der Waals surface area contributed by atoms with Crippen molar-refractivity contribution in [3.63, 3.8) is 0 Å². The summed E-state index contributed by atoms with van der Waals surface area (Å²) in [5.41, 5.74) is 1.23. The van der Waals surface area contributed by atoms with Crippen molar-refractivity contribution in [1.29, 1.82) is 0 Å². The molecule has 0 aromatic carbocycles. The summed E-state index contributed by atoms with van der Waals surface area (Å²) in [6.45, 7) is 2.11. The lowest BCUT2D eigenvalue weighted by molar-refractivity contribution is -0.123. The number of carbonyl (C=O) groups excluding carboxylic acids is 2. The monoisotopic (exact) mass is 178 g/mol. The highest BCUT2D eigenvalue weighted by Gasteiger charge is 2.37. The largest absolute Gasteiger partial charge is 0.300 e. The zero-order valence-electron chi connectivity index (χ0n) is 7.93. The second-order valence-electron chi connectivity index (χ2n) is 4.41. The van der Waals surface area contributed by atoms with Gasteiger partial charge < -0.3 is 0 Å². The highest BCUT2D eigenvalue weighted by Crippen LogP contribution is 2.44. The molecule has 0 aromatic heterocycles. The van der Waals surface area contributed by atoms with Gasteiger partial charge in [0.05, 0.1) is 0 Å². The van der Waals surface area contributed by atoms with Gasteiger partial charge >= 0.3 is 0 Å². The van der Waals surface area contributed by atoms with Crippen LogP contribution in [0.1, 0.15) is 39.0 Å². The van der Waals surface area contributed by atoms with E-state index in [1.54, 1.807) is 6.08 Å². The minimum absolute atomic E-state index is 0.0171. The predicted molar refractivity (Wildman–Crippen MR) is 49.3 cm³/mol. The number of hydrogen-bond acceptors (Lipinski definition) is 2. The molecule has 0 amide bonds. The smallest absolute Gasteiger partial charge is 0.155 e. The summed E-state index contributed by atoms with van der Waals surface area (Å²) < 4.78 is 0. The number of allylic oxidation sites excluding steroid dienone is 2. The standard InChI is InChI=1S/C11H14O2/c1-11-5-4-9(12)6-8(11)2-3-10(13)7-11/h6H,2-5,7H2,1H3/t11-/m0/s1. The Morgan fingerprint density at radius 2 is 2.00 bits per heavy atom. The molecule has 0 unspecified atom stereocenters. The third kappa shape index (κ3) is 1.45. The Morgan fingerprint density at radius 3 is 2.77 bits per heavy atom. The number of carbonyl (C=O) groups is 2. The topological polar surface area (TPSA) is 34.1 Å². The van der Waals surface area contributed by atoms with E-state index in [4.69, 9.17) is 0 Å². The fourth-order valence-corrected chi connectivity index (χ4v) is 2.37. The van der Waals surface area contributed by atoms with Crippen molar-refractivity contribution in [1.82, 2.24) is 0 Å². The van der Waals surface area contributed by atoms with Gasteiger partial charge in [0.15, 0.2) is 5.78 Å². The Morgan fingerprint density at radius 1 is 1.23 bits per heavy atom. The lowest BCUT2D eigenvalue weighted by Gasteiger charge is -2.37. The normalized spacial score (nSPS) is 34.1. The van der Waals surface area contributed by atoms with E-state index in [2.05, 4.69) is 6.92 Å². The van der Waals surface area contributed by atoms with Crippen molar-refractivity contribution >= 4 is 11.6 Å². The van der Waals surface area contributed by atoms with E-state index in [0.29, 0.717) is 25.0 Å². The molecule has 0 radical (unpaired) electrons. The molecule has 0 aliphatic heterocycles. The maximum absolute atomic E-state index is 11.3. The first-order valence-electron chi connectivity index (χ1n) is 4.86. The second kappa shape index (κ2) is 2.79. The van der Waals surface area contributed by atoms with Crippen LogP contribution in [-0.4, -0.2) is 11.6 Å². The fourth-order valence-electron chi connectivity index (χ4n) is 2.37. The molecular weight excluding hydrogens is 164 g/mol. The van der Waals surface area contributed by atoms with Gasteiger partial charge in [-0.05, 0) is 24.3 Å². The molecule has 2 aliphatic rings. The van der Waals surface area contributed by atoms with Gasteiger partial charge in [-0.25, -0.2) is 0 Å². The summed E-state index contributed by atoms with van der Waals surface area (Å²) in [6.07, 6.45) is 5.34. The number of hydrogen-bond donors (Lipinski definition) is 0. The Labute approximate surface area is 78.0 Å². The van der Waals surface area contributed by atoms with Crippen LogP contribution in [0.5, 0.6) is 0 Å². The van der Waals surface area contributed by atoms with E-state index < -0.39 is 0 Å². The van der Waals surface area contributed by atoms with Crippen molar-refractivity contribution in [2.75, 3.05) is 0 Å². The number of ketones is 2. The van der Waals surface area contributed by atoms with Gasteiger partial charge in [-0.1, -0.05) is 12.5 Å². The Hall–Kier alpha value is -0.920. The SMILES string of the molecule is C[C@@]12CCC(=O)C=C1CCC(=O)C2. The number of fused-ring (bicyclic) bond motifs is 1. The second-order valence-corrected chi connectivity index (χ2v) is 4.41. The van der Waals surface area contributed by atoms with Gasteiger partial charge in [0, 0.05) is 19.3 Å². The summed E-state index contributed by atoms with van der Waals surface area (Å²) in [4.78, 5) is 22.5. The third-order valence-corrected chi connectivity index (χ3v) is 3.29. The van der Waals surface area contributed by atoms with E-state index in [-0.39, 0.29) is 11.2 Å². The van der Waals surface area contributed by atoms with E-state index in [0.717, 1.165) is 12.8 Å². The molecule has 0 saturated heterocycles. The predicted octanol–water partition coefficient (Wildman–Crippen LogP) is 2.04. The maximum atomic E-state index is 11.3. The first kappa shape index (κ1) is 8.67. The molecular formula is C11H14O2. The molecule has 0 bridgehead atoms. The molecule has 0 spiro atoms. The highest BCUT2D eigenvalue weighted by molar-refractivity contribution is 5.93. The number of Topliss-reactive ketones (excluding diaryl/α,β-unsaturated/α-hetero) is 1. The van der Waals surface area contributed by atoms with Gasteiger partial charge in [0.1, 0.15) is 5.78 Å². The fraction of sp³-hybridized carbons (Fsp3) is 0.636. The summed E-state index contributed by atoms with van der Waals surface area (Å²) in [5, 5.41) is 0. The maximum Gasteiger partial charge on any atom is 0.155 e. The van der Waals surface area contributed by atoms with E-state index in [1.807, 2.05) is 0 Å². The summed E-state index contributed by atoms with van der Waals surface area (Å²) in [5.74, 6) is 0.593. The first-order chi connectivity index (χ1) is 6.10. The van der Waals surface area contributed by atoms with Crippen molar-refractivity contribution in [3.05, 3.63) is 11.6 Å². The van der Waals surface area contributed by atoms with Gasteiger partial charge in [0.2, 0.25) is 0 Å². The van der Waals surface area contributed by atoms with Gasteiger partial charge in [-0.3, -0.25) is 9.59 Å². The van der Waals surface area contributed by atoms with Crippen LogP contribution in [0.15, 0.2) is 11.6 Å². The van der Waals surface area contributed by atoms with E-state index in [1.165, 1.54) is 5.57 Å². The quantitative estimate of drug-likeness (QED) is 0.568. The van der Waals surface area contributed by atoms with Gasteiger partial charge in [-0.2, -0.15) is 0 Å². The average Bonchev–Trinajstić information content (AvgIpc) is 2.06. The molecule has 1 atom stereocenters. The zero-order chi connectivity index (χ0) is 9.47. The van der Waals surface area contributed by atoms with Crippen molar-refractivity contribution in [2.45, 2.75) is 39.0 Å². The minimum atomic E-state index is 0.0171. The van der Waals surface area contributed by atoms with Gasteiger partial charge in [0.25, 0.3) is 0 Å². The van der Waals surface area contributed by atoms with Crippen LogP contribution < -0.4 is 0 Å². The lowest BCUT2D eigenvalue weighted by atomic mass is 9.66. The van der Waals surface area contributed by atoms with Crippen LogP contribution >= 0.6 is 0 Å². The van der Waals surface area contributed by atoms with Crippen LogP contribution in [0.2, 0.25) is 0 Å². The molecule has 2 rings (SSSR count). The van der Waals surface area contributed by atoms with Gasteiger partial charge in [-0.15, -0.1) is 0 Å². The zero-order valence-corrected chi connectivity index (χ0v) is 7.93. The van der Waals surface area contributed by atoms with Crippen molar-refractivity contribution < 1.29 is 9.59 Å². The molecule has 1 saturated carbocycles. The molecule has 2 heteroatoms. The van der Waals surface area contributed by atoms with E-state index >= 15 is 0 Å². The Bertz CT molecular complexity index is 301. The minimum Gasteiger partial charge on any atom is -0.300 e. The highest BCUT2D eigenvalue weighted by atomic mass is 16.1. The van der Waals surface area contributed by atoms with Crippen molar-refractivity contribution in [2.24, 2.45) is 5.41 Å². The molecule has 0 N–H and O–H groups in total. The Balaban J connectivity index is 2.31. The first-order valence-corrected chi connectivity index (χ1v) is 4.86.